The second-order valence-electron chi connectivity index (χ2n) is 10.1. The number of nitrogens with one attached hydrogen (secondary N) is 1. The number of carbonyl (C=O) groups is 3. The molecule has 2 aromatic rings. The predicted octanol–water partition coefficient (Wildman–Crippen LogP) is 0.869. The van der Waals surface area contributed by atoms with Crippen LogP contribution in [0.1, 0.15) is 54.0 Å². The molecule has 5 rings (SSSR count). The van der Waals surface area contributed by atoms with Gasteiger partial charge in [0.2, 0.25) is 11.5 Å². The maximum atomic E-state index is 13.3. The number of rotatable bonds is 7. The molecular formula is C25H29FN4O6. The Balaban J connectivity index is 1.74. The number of aromatic nitrogens is 2. The molecule has 3 aliphatic rings. The van der Waals surface area contributed by atoms with E-state index in [4.69, 9.17) is 0 Å². The van der Waals surface area contributed by atoms with E-state index in [0.717, 1.165) is 0 Å². The van der Waals surface area contributed by atoms with Crippen LogP contribution in [0.15, 0.2) is 29.1 Å². The van der Waals surface area contributed by atoms with Crippen molar-refractivity contribution in [2.75, 3.05) is 20.7 Å². The first kappa shape index (κ1) is 25.5. The number of aliphatic hydroxyl groups excluding tert-OH is 1. The number of hydrogen-bond donors (Lipinski definition) is 3. The van der Waals surface area contributed by atoms with Crippen LogP contribution in [0.2, 0.25) is 0 Å². The normalized spacial score (nSPS) is 22.4. The van der Waals surface area contributed by atoms with Crippen molar-refractivity contribution in [2.45, 2.75) is 50.6 Å². The van der Waals surface area contributed by atoms with E-state index in [0.29, 0.717) is 31.2 Å². The lowest BCUT2D eigenvalue weighted by molar-refractivity contribution is -0.144. The van der Waals surface area contributed by atoms with Gasteiger partial charge in [-0.15, -0.1) is 0 Å². The number of aliphatic hydroxyl groups is 1. The molecule has 0 atom stereocenters. The third-order valence-corrected chi connectivity index (χ3v) is 7.44. The van der Waals surface area contributed by atoms with Crippen molar-refractivity contribution in [1.29, 1.82) is 0 Å². The average Bonchev–Trinajstić information content (AvgIpc) is 3.08. The first-order valence-electron chi connectivity index (χ1n) is 11.7. The van der Waals surface area contributed by atoms with E-state index in [1.807, 2.05) is 0 Å². The Morgan fingerprint density at radius 2 is 1.78 bits per heavy atom. The molecule has 0 radical (unpaired) electrons. The van der Waals surface area contributed by atoms with Crippen LogP contribution in [0.4, 0.5) is 4.39 Å². The molecule has 1 aromatic carbocycles. The summed E-state index contributed by atoms with van der Waals surface area (Å²) in [5.41, 5.74) is -2.36. The summed E-state index contributed by atoms with van der Waals surface area (Å²) in [6, 6.07) is 5.47. The van der Waals surface area contributed by atoms with Crippen LogP contribution >= 0.6 is 0 Å². The second-order valence-corrected chi connectivity index (χ2v) is 10.1. The van der Waals surface area contributed by atoms with Crippen LogP contribution in [0.3, 0.4) is 0 Å². The molecule has 36 heavy (non-hydrogen) atoms. The van der Waals surface area contributed by atoms with Gasteiger partial charge >= 0.3 is 0 Å². The number of hydrogen-bond acceptors (Lipinski definition) is 7. The van der Waals surface area contributed by atoms with Crippen LogP contribution in [0, 0.1) is 11.2 Å². The molecule has 192 valence electrons. The van der Waals surface area contributed by atoms with Gasteiger partial charge in [-0.1, -0.05) is 12.1 Å². The summed E-state index contributed by atoms with van der Waals surface area (Å²) >= 11 is 0. The highest BCUT2D eigenvalue weighted by Gasteiger charge is 2.51. The second kappa shape index (κ2) is 9.45. The maximum absolute atomic E-state index is 13.3. The fourth-order valence-corrected chi connectivity index (χ4v) is 5.20. The predicted molar refractivity (Wildman–Crippen MR) is 126 cm³/mol. The minimum absolute atomic E-state index is 0.00718. The molecule has 0 spiro atoms. The number of amides is 2. The van der Waals surface area contributed by atoms with Crippen molar-refractivity contribution in [3.63, 3.8) is 0 Å². The molecular weight excluding hydrogens is 471 g/mol. The molecule has 2 amide bonds. The van der Waals surface area contributed by atoms with Gasteiger partial charge in [-0.05, 0) is 43.4 Å². The molecule has 1 aliphatic carbocycles. The van der Waals surface area contributed by atoms with Crippen molar-refractivity contribution in [2.24, 2.45) is 5.41 Å². The number of fused-ring (bicyclic) bond motifs is 2. The molecule has 2 bridgehead atoms. The van der Waals surface area contributed by atoms with E-state index in [1.165, 1.54) is 47.8 Å². The smallest absolute Gasteiger partial charge is 0.296 e. The van der Waals surface area contributed by atoms with E-state index in [1.54, 1.807) is 0 Å². The number of halogens is 1. The Bertz CT molecular complexity index is 1260. The van der Waals surface area contributed by atoms with Crippen molar-refractivity contribution < 1.29 is 29.0 Å². The highest BCUT2D eigenvalue weighted by atomic mass is 19.1. The largest absolute Gasteiger partial charge is 0.501 e. The van der Waals surface area contributed by atoms with E-state index in [9.17, 15) is 33.8 Å². The molecule has 0 saturated heterocycles. The van der Waals surface area contributed by atoms with Gasteiger partial charge in [0.15, 0.2) is 5.69 Å². The number of likely N-dealkylation sites (N-methyl/N-ethyl adjacent to an activating group) is 1. The molecule has 2 aliphatic heterocycles. The first-order valence-corrected chi connectivity index (χ1v) is 11.7. The quantitative estimate of drug-likeness (QED) is 0.479. The lowest BCUT2D eigenvalue weighted by atomic mass is 9.63. The highest BCUT2D eigenvalue weighted by molar-refractivity contribution is 6.36. The molecule has 1 saturated carbocycles. The third kappa shape index (κ3) is 4.50. The van der Waals surface area contributed by atoms with Gasteiger partial charge in [-0.3, -0.25) is 23.7 Å². The van der Waals surface area contributed by atoms with Crippen molar-refractivity contribution in [3.05, 3.63) is 57.5 Å². The van der Waals surface area contributed by atoms with Crippen LogP contribution in [-0.2, 0) is 28.1 Å². The fraction of sp³-hybridized carbons (Fsp3) is 0.480. The number of aromatic hydroxyl groups is 1. The molecule has 1 fully saturated rings. The summed E-state index contributed by atoms with van der Waals surface area (Å²) < 4.78 is 14.4. The monoisotopic (exact) mass is 500 g/mol. The summed E-state index contributed by atoms with van der Waals surface area (Å²) in [5.74, 6) is -3.24. The minimum Gasteiger partial charge on any atom is -0.501 e. The van der Waals surface area contributed by atoms with Crippen LogP contribution in [0.5, 0.6) is 5.75 Å². The number of benzene rings is 1. The minimum atomic E-state index is -1.00. The molecule has 0 unspecified atom stereocenters. The van der Waals surface area contributed by atoms with Crippen LogP contribution in [-0.4, -0.2) is 63.0 Å². The Kier molecular flexibility index (Phi) is 6.70. The standard InChI is InChI=1S/C25H29FN4O6/c1-29(2)21(35)17(32)11-25-9-7-24(14-31,8-10-25)13-30-22(36)19(33)18(28-23(25)30)20(34)27-12-15-3-5-16(26)6-4-15/h3-6,31,33H,7-14H2,1-2H3,(H,27,34). The molecule has 10 nitrogen and oxygen atoms in total. The van der Waals surface area contributed by atoms with Gasteiger partial charge in [-0.25, -0.2) is 9.37 Å². The average molecular weight is 501 g/mol. The zero-order valence-electron chi connectivity index (χ0n) is 20.2. The van der Waals surface area contributed by atoms with E-state index < -0.39 is 51.2 Å². The van der Waals surface area contributed by atoms with Gasteiger partial charge in [0.25, 0.3) is 17.4 Å². The maximum Gasteiger partial charge on any atom is 0.296 e. The summed E-state index contributed by atoms with van der Waals surface area (Å²) in [5, 5.41) is 23.3. The Morgan fingerprint density at radius 1 is 1.14 bits per heavy atom. The Hall–Kier alpha value is -3.60. The highest BCUT2D eigenvalue weighted by Crippen LogP contribution is 2.52. The molecule has 1 aromatic heterocycles. The Labute approximate surface area is 206 Å². The zero-order valence-corrected chi connectivity index (χ0v) is 20.2. The van der Waals surface area contributed by atoms with Crippen molar-refractivity contribution in [1.82, 2.24) is 19.8 Å². The van der Waals surface area contributed by atoms with Gasteiger partial charge < -0.3 is 20.4 Å². The van der Waals surface area contributed by atoms with Crippen molar-refractivity contribution in [3.8, 4) is 5.75 Å². The number of ketones is 1. The van der Waals surface area contributed by atoms with Gasteiger partial charge in [0, 0.05) is 44.4 Å². The summed E-state index contributed by atoms with van der Waals surface area (Å²) in [6.45, 7) is -0.110. The number of carbonyl (C=O) groups excluding carboxylic acids is 3. The van der Waals surface area contributed by atoms with E-state index in [-0.39, 0.29) is 31.9 Å². The summed E-state index contributed by atoms with van der Waals surface area (Å²) in [4.78, 5) is 57.0. The van der Waals surface area contributed by atoms with Gasteiger partial charge in [-0.2, -0.15) is 0 Å². The van der Waals surface area contributed by atoms with Gasteiger partial charge in [0.05, 0.1) is 6.61 Å². The molecule has 11 heteroatoms. The third-order valence-electron chi connectivity index (χ3n) is 7.44. The molecule has 3 N–H and O–H groups in total. The first-order chi connectivity index (χ1) is 17.0. The molecule has 3 heterocycles. The number of Topliss-reactive ketones (excluding diaryl/α,β-unsaturated/α-hetero) is 1. The fourth-order valence-electron chi connectivity index (χ4n) is 5.20. The van der Waals surface area contributed by atoms with Crippen LogP contribution < -0.4 is 10.9 Å². The summed E-state index contributed by atoms with van der Waals surface area (Å²) in [6.07, 6.45) is 1.53. The SMILES string of the molecule is CN(C)C(=O)C(=O)CC12CCC(CO)(CC1)Cn1c2nc(C(=O)NCc2ccc(F)cc2)c(O)c1=O. The van der Waals surface area contributed by atoms with E-state index >= 15 is 0 Å². The summed E-state index contributed by atoms with van der Waals surface area (Å²) in [7, 11) is 2.95. The number of nitrogens with zero attached hydrogens (tertiary/aromatic N) is 3. The van der Waals surface area contributed by atoms with E-state index in [2.05, 4.69) is 10.3 Å². The lowest BCUT2D eigenvalue weighted by Crippen LogP contribution is -2.42. The zero-order chi connectivity index (χ0) is 26.3. The van der Waals surface area contributed by atoms with Gasteiger partial charge in [0.1, 0.15) is 11.6 Å². The topological polar surface area (TPSA) is 142 Å². The van der Waals surface area contributed by atoms with Crippen molar-refractivity contribution >= 4 is 17.6 Å². The Morgan fingerprint density at radius 3 is 2.36 bits per heavy atom. The van der Waals surface area contributed by atoms with Crippen LogP contribution in [0.25, 0.3) is 0 Å². The lowest BCUT2D eigenvalue weighted by Gasteiger charge is -2.40.